The summed E-state index contributed by atoms with van der Waals surface area (Å²) >= 11 is 0. The molecule has 1 heterocycles. The maximum atomic E-state index is 12.1. The lowest BCUT2D eigenvalue weighted by atomic mass is 10.2. The molecule has 2 aromatic rings. The van der Waals surface area contributed by atoms with Crippen LogP contribution in [0.15, 0.2) is 34.7 Å². The number of nitrogens with zero attached hydrogens (tertiary/aromatic N) is 1. The number of rotatable bonds is 5. The number of aromatic nitrogens is 1. The fourth-order valence-electron chi connectivity index (χ4n) is 1.50. The number of anilines is 1. The monoisotopic (exact) mass is 293 g/mol. The first-order chi connectivity index (χ1) is 10.2. The minimum absolute atomic E-state index is 0.137. The van der Waals surface area contributed by atoms with Crippen LogP contribution in [0.1, 0.15) is 10.5 Å². The molecule has 0 atom stereocenters. The smallest absolute Gasteiger partial charge is 0.362 e. The molecule has 1 aromatic carbocycles. The van der Waals surface area contributed by atoms with Crippen molar-refractivity contribution >= 4 is 17.8 Å². The van der Waals surface area contributed by atoms with Crippen LogP contribution < -0.4 is 10.9 Å². The molecule has 2 N–H and O–H groups in total. The van der Waals surface area contributed by atoms with Crippen LogP contribution in [0.3, 0.4) is 0 Å². The van der Waals surface area contributed by atoms with E-state index in [0.29, 0.717) is 5.56 Å². The van der Waals surface area contributed by atoms with Gasteiger partial charge in [-0.25, -0.2) is 9.18 Å². The number of hydrogen-bond donors (Lipinski definition) is 2. The van der Waals surface area contributed by atoms with E-state index in [0.717, 1.165) is 0 Å². The molecule has 2 rings (SSSR count). The maximum absolute atomic E-state index is 12.1. The van der Waals surface area contributed by atoms with Crippen LogP contribution >= 0.6 is 0 Å². The van der Waals surface area contributed by atoms with E-state index in [2.05, 4.69) is 15.1 Å². The van der Waals surface area contributed by atoms with E-state index >= 15 is 0 Å². The highest BCUT2D eigenvalue weighted by Gasteiger charge is 2.22. The van der Waals surface area contributed by atoms with E-state index in [-0.39, 0.29) is 17.5 Å². The predicted molar refractivity (Wildman–Crippen MR) is 71.0 cm³/mol. The second-order valence-corrected chi connectivity index (χ2v) is 3.86. The van der Waals surface area contributed by atoms with Gasteiger partial charge in [0.15, 0.2) is 6.67 Å². The third-order valence-corrected chi connectivity index (χ3v) is 2.46. The van der Waals surface area contributed by atoms with E-state index < -0.39 is 18.6 Å². The number of carbonyl (C=O) groups excluding carboxylic acids is 2. The molecule has 8 heteroatoms. The first kappa shape index (κ1) is 14.5. The van der Waals surface area contributed by atoms with Gasteiger partial charge in [0.1, 0.15) is 0 Å². The Bertz CT molecular complexity index is 642. The van der Waals surface area contributed by atoms with Crippen LogP contribution in [-0.2, 0) is 9.53 Å². The average molecular weight is 293 g/mol. The number of alkyl halides is 1. The van der Waals surface area contributed by atoms with Crippen molar-refractivity contribution in [2.45, 2.75) is 0 Å². The van der Waals surface area contributed by atoms with Gasteiger partial charge >= 0.3 is 5.97 Å². The number of oxazole rings is 1. The fraction of sp³-hybridized carbons (Fsp3) is 0.154. The summed E-state index contributed by atoms with van der Waals surface area (Å²) in [7, 11) is 1.18. The molecular weight excluding hydrogens is 281 g/mol. The second kappa shape index (κ2) is 6.51. The first-order valence-electron chi connectivity index (χ1n) is 5.91. The highest BCUT2D eigenvalue weighted by atomic mass is 19.1. The molecule has 0 spiro atoms. The number of halogens is 1. The van der Waals surface area contributed by atoms with E-state index in [1.54, 1.807) is 24.3 Å². The van der Waals surface area contributed by atoms with Crippen LogP contribution in [-0.4, -0.2) is 30.6 Å². The topological polar surface area (TPSA) is 93.5 Å². The van der Waals surface area contributed by atoms with Crippen LogP contribution in [0, 0.1) is 0 Å². The van der Waals surface area contributed by atoms with Crippen molar-refractivity contribution in [3.05, 3.63) is 36.0 Å². The number of hydrogen-bond acceptors (Lipinski definition) is 6. The number of amides is 1. The van der Waals surface area contributed by atoms with Gasteiger partial charge in [0.25, 0.3) is 5.91 Å². The largest absolute Gasteiger partial charge is 0.464 e. The van der Waals surface area contributed by atoms with Gasteiger partial charge in [-0.05, 0) is 12.1 Å². The summed E-state index contributed by atoms with van der Waals surface area (Å²) in [5, 5.41) is 0. The summed E-state index contributed by atoms with van der Waals surface area (Å²) in [4.78, 5) is 26.5. The molecule has 21 heavy (non-hydrogen) atoms. The van der Waals surface area contributed by atoms with Gasteiger partial charge < -0.3 is 9.15 Å². The molecule has 0 unspecified atom stereocenters. The minimum Gasteiger partial charge on any atom is -0.464 e. The van der Waals surface area contributed by atoms with Gasteiger partial charge in [-0.2, -0.15) is 4.98 Å². The van der Waals surface area contributed by atoms with Gasteiger partial charge in [0.05, 0.1) is 7.11 Å². The van der Waals surface area contributed by atoms with Gasteiger partial charge in [0, 0.05) is 5.56 Å². The molecule has 0 radical (unpaired) electrons. The van der Waals surface area contributed by atoms with Crippen LogP contribution in [0.25, 0.3) is 11.5 Å². The molecule has 0 saturated heterocycles. The highest BCUT2D eigenvalue weighted by Crippen LogP contribution is 2.25. The molecule has 0 saturated carbocycles. The van der Waals surface area contributed by atoms with Crippen molar-refractivity contribution < 1.29 is 23.1 Å². The standard InChI is InChI=1S/C13H12FN3O4/c1-20-13(19)10-12(17-16-9(18)7-14)21-11(15-10)8-5-3-2-4-6-8/h2-6,17H,7H2,1H3,(H,16,18). The Morgan fingerprint density at radius 2 is 2.05 bits per heavy atom. The van der Waals surface area contributed by atoms with E-state index in [9.17, 15) is 14.0 Å². The number of hydrazine groups is 1. The van der Waals surface area contributed by atoms with Crippen LogP contribution in [0.5, 0.6) is 0 Å². The summed E-state index contributed by atoms with van der Waals surface area (Å²) < 4.78 is 22.0. The normalized spacial score (nSPS) is 10.0. The number of esters is 1. The molecule has 0 aliphatic carbocycles. The van der Waals surface area contributed by atoms with E-state index in [1.807, 2.05) is 11.5 Å². The lowest BCUT2D eigenvalue weighted by molar-refractivity contribution is -0.121. The van der Waals surface area contributed by atoms with Gasteiger partial charge in [-0.3, -0.25) is 15.6 Å². The summed E-state index contributed by atoms with van der Waals surface area (Å²) in [5.74, 6) is -1.64. The Labute approximate surface area is 119 Å². The predicted octanol–water partition coefficient (Wildman–Crippen LogP) is 1.54. The minimum atomic E-state index is -1.21. The van der Waals surface area contributed by atoms with Crippen molar-refractivity contribution in [1.29, 1.82) is 0 Å². The number of nitrogens with one attached hydrogen (secondary N) is 2. The number of carbonyl (C=O) groups is 2. The van der Waals surface area contributed by atoms with Gasteiger partial charge in [0.2, 0.25) is 17.5 Å². The van der Waals surface area contributed by atoms with Crippen LogP contribution in [0.4, 0.5) is 10.3 Å². The quantitative estimate of drug-likeness (QED) is 0.641. The summed E-state index contributed by atoms with van der Waals surface area (Å²) in [6.45, 7) is -1.21. The zero-order valence-electron chi connectivity index (χ0n) is 11.1. The summed E-state index contributed by atoms with van der Waals surface area (Å²) in [6.07, 6.45) is 0. The molecule has 0 aliphatic heterocycles. The van der Waals surface area contributed by atoms with Crippen molar-refractivity contribution in [3.8, 4) is 11.5 Å². The molecular formula is C13H12FN3O4. The van der Waals surface area contributed by atoms with Gasteiger partial charge in [-0.1, -0.05) is 18.2 Å². The van der Waals surface area contributed by atoms with Crippen molar-refractivity contribution in [3.63, 3.8) is 0 Å². The lowest BCUT2D eigenvalue weighted by Crippen LogP contribution is -2.31. The molecule has 7 nitrogen and oxygen atoms in total. The number of ether oxygens (including phenoxy) is 1. The zero-order chi connectivity index (χ0) is 15.2. The fourth-order valence-corrected chi connectivity index (χ4v) is 1.50. The first-order valence-corrected chi connectivity index (χ1v) is 5.91. The molecule has 110 valence electrons. The lowest BCUT2D eigenvalue weighted by Gasteiger charge is -2.03. The molecule has 1 aromatic heterocycles. The second-order valence-electron chi connectivity index (χ2n) is 3.86. The van der Waals surface area contributed by atoms with Crippen molar-refractivity contribution in [2.24, 2.45) is 0 Å². The van der Waals surface area contributed by atoms with Crippen LogP contribution in [0.2, 0.25) is 0 Å². The molecule has 0 fully saturated rings. The summed E-state index contributed by atoms with van der Waals surface area (Å²) in [6, 6.07) is 8.83. The molecule has 0 aliphatic rings. The molecule has 1 amide bonds. The Hall–Kier alpha value is -2.90. The van der Waals surface area contributed by atoms with Crippen molar-refractivity contribution in [1.82, 2.24) is 10.4 Å². The number of benzene rings is 1. The molecule has 0 bridgehead atoms. The van der Waals surface area contributed by atoms with E-state index in [1.165, 1.54) is 7.11 Å². The Balaban J connectivity index is 2.31. The Morgan fingerprint density at radius 3 is 2.67 bits per heavy atom. The average Bonchev–Trinajstić information content (AvgIpc) is 2.96. The SMILES string of the molecule is COC(=O)c1nc(-c2ccccc2)oc1NNC(=O)CF. The highest BCUT2D eigenvalue weighted by molar-refractivity contribution is 5.93. The van der Waals surface area contributed by atoms with Gasteiger partial charge in [-0.15, -0.1) is 0 Å². The van der Waals surface area contributed by atoms with Crippen molar-refractivity contribution in [2.75, 3.05) is 19.2 Å². The maximum Gasteiger partial charge on any atom is 0.362 e. The Kier molecular flexibility index (Phi) is 4.50. The van der Waals surface area contributed by atoms with E-state index in [4.69, 9.17) is 4.42 Å². The third-order valence-electron chi connectivity index (χ3n) is 2.46. The number of methoxy groups -OCH3 is 1. The zero-order valence-corrected chi connectivity index (χ0v) is 11.1. The third kappa shape index (κ3) is 3.35. The summed E-state index contributed by atoms with van der Waals surface area (Å²) in [5.41, 5.74) is 4.80. The Morgan fingerprint density at radius 1 is 1.33 bits per heavy atom.